The largest absolute Gasteiger partial charge is 0.481 e. The lowest BCUT2D eigenvalue weighted by atomic mass is 9.78. The maximum Gasteiger partial charge on any atom is 0.312 e. The molecule has 1 amide bonds. The number of amides is 1. The van der Waals surface area contributed by atoms with Crippen LogP contribution in [0.25, 0.3) is 0 Å². The average molecular weight is 349 g/mol. The van der Waals surface area contributed by atoms with Gasteiger partial charge >= 0.3 is 5.97 Å². The van der Waals surface area contributed by atoms with Gasteiger partial charge in [-0.25, -0.2) is 0 Å². The van der Waals surface area contributed by atoms with E-state index in [4.69, 9.17) is 0 Å². The molecule has 4 nitrogen and oxygen atoms in total. The molecule has 3 atom stereocenters. The third-order valence-corrected chi connectivity index (χ3v) is 5.99. The summed E-state index contributed by atoms with van der Waals surface area (Å²) in [5, 5.41) is 12.4. The molecule has 0 bridgehead atoms. The molecule has 26 heavy (non-hydrogen) atoms. The van der Waals surface area contributed by atoms with E-state index in [0.717, 1.165) is 25.7 Å². The van der Waals surface area contributed by atoms with Crippen LogP contribution in [-0.2, 0) is 21.4 Å². The fourth-order valence-corrected chi connectivity index (χ4v) is 4.53. The molecule has 0 aromatic heterocycles. The van der Waals surface area contributed by atoms with E-state index in [1.165, 1.54) is 11.1 Å². The lowest BCUT2D eigenvalue weighted by Crippen LogP contribution is -2.35. The molecule has 2 N–H and O–H groups in total. The summed E-state index contributed by atoms with van der Waals surface area (Å²) in [6.07, 6.45) is 4.12. The van der Waals surface area contributed by atoms with Gasteiger partial charge in [0, 0.05) is 17.9 Å². The van der Waals surface area contributed by atoms with E-state index in [1.54, 1.807) is 12.1 Å². The Bertz CT molecular complexity index is 832. The number of hydrogen-bond donors (Lipinski definition) is 2. The van der Waals surface area contributed by atoms with E-state index in [9.17, 15) is 14.7 Å². The van der Waals surface area contributed by atoms with Gasteiger partial charge in [-0.2, -0.15) is 0 Å². The first-order valence-corrected chi connectivity index (χ1v) is 9.26. The van der Waals surface area contributed by atoms with Crippen molar-refractivity contribution in [2.24, 2.45) is 5.92 Å². The predicted octanol–water partition coefficient (Wildman–Crippen LogP) is 3.27. The fourth-order valence-electron chi connectivity index (χ4n) is 4.53. The van der Waals surface area contributed by atoms with Crippen LogP contribution in [0.1, 0.15) is 41.9 Å². The maximum absolute atomic E-state index is 12.7. The van der Waals surface area contributed by atoms with Crippen molar-refractivity contribution >= 4 is 11.9 Å². The van der Waals surface area contributed by atoms with Crippen LogP contribution in [0, 0.1) is 5.92 Å². The Kier molecular flexibility index (Phi) is 4.27. The normalized spacial score (nSPS) is 24.5. The van der Waals surface area contributed by atoms with E-state index in [1.807, 2.05) is 18.2 Å². The van der Waals surface area contributed by atoms with Gasteiger partial charge in [0.25, 0.3) is 0 Å². The number of benzene rings is 2. The molecule has 4 heteroatoms. The highest BCUT2D eigenvalue weighted by Crippen LogP contribution is 2.60. The van der Waals surface area contributed by atoms with Crippen LogP contribution >= 0.6 is 0 Å². The Morgan fingerprint density at radius 3 is 2.62 bits per heavy atom. The van der Waals surface area contributed by atoms with Crippen molar-refractivity contribution in [1.29, 1.82) is 0 Å². The standard InChI is InChI=1S/C22H23NO3/c24-20(23-14-17(21(25)26)15-7-2-1-3-8-15)19-13-22(19)12-6-10-16-9-4-5-11-18(16)22/h1-5,7-9,11,17,19H,6,10,12-14H2,(H,23,24)(H,25,26). The van der Waals surface area contributed by atoms with Crippen molar-refractivity contribution in [3.05, 3.63) is 71.3 Å². The van der Waals surface area contributed by atoms with Crippen LogP contribution in [0.4, 0.5) is 0 Å². The van der Waals surface area contributed by atoms with Gasteiger partial charge in [-0.1, -0.05) is 54.6 Å². The molecule has 2 aliphatic carbocycles. The molecular formula is C22H23NO3. The van der Waals surface area contributed by atoms with Crippen LogP contribution < -0.4 is 5.32 Å². The number of carboxylic acid groups (broad SMARTS) is 1. The van der Waals surface area contributed by atoms with E-state index < -0.39 is 11.9 Å². The number of nitrogens with one attached hydrogen (secondary N) is 1. The topological polar surface area (TPSA) is 66.4 Å². The van der Waals surface area contributed by atoms with Crippen molar-refractivity contribution in [2.75, 3.05) is 6.54 Å². The summed E-state index contributed by atoms with van der Waals surface area (Å²) in [4.78, 5) is 24.3. The Balaban J connectivity index is 1.45. The number of carboxylic acids is 1. The van der Waals surface area contributed by atoms with Gasteiger partial charge in [0.2, 0.25) is 5.91 Å². The van der Waals surface area contributed by atoms with Crippen molar-refractivity contribution in [3.8, 4) is 0 Å². The monoisotopic (exact) mass is 349 g/mol. The Hall–Kier alpha value is -2.62. The minimum Gasteiger partial charge on any atom is -0.481 e. The predicted molar refractivity (Wildman–Crippen MR) is 99.0 cm³/mol. The molecule has 1 fully saturated rings. The van der Waals surface area contributed by atoms with Crippen LogP contribution in [0.2, 0.25) is 0 Å². The van der Waals surface area contributed by atoms with Crippen molar-refractivity contribution < 1.29 is 14.7 Å². The van der Waals surface area contributed by atoms with Gasteiger partial charge in [-0.15, -0.1) is 0 Å². The Morgan fingerprint density at radius 1 is 1.12 bits per heavy atom. The van der Waals surface area contributed by atoms with Crippen LogP contribution in [0.5, 0.6) is 0 Å². The van der Waals surface area contributed by atoms with E-state index in [0.29, 0.717) is 5.56 Å². The Morgan fingerprint density at radius 2 is 1.85 bits per heavy atom. The molecule has 4 rings (SSSR count). The van der Waals surface area contributed by atoms with Gasteiger partial charge in [0.05, 0.1) is 5.92 Å². The Labute approximate surface area is 153 Å². The zero-order chi connectivity index (χ0) is 18.1. The summed E-state index contributed by atoms with van der Waals surface area (Å²) in [5.74, 6) is -1.67. The summed E-state index contributed by atoms with van der Waals surface area (Å²) in [6.45, 7) is 0.131. The zero-order valence-electron chi connectivity index (χ0n) is 14.7. The molecule has 1 spiro atoms. The lowest BCUT2D eigenvalue weighted by molar-refractivity contribution is -0.138. The zero-order valence-corrected chi connectivity index (χ0v) is 14.7. The summed E-state index contributed by atoms with van der Waals surface area (Å²) in [7, 11) is 0. The molecular weight excluding hydrogens is 326 g/mol. The van der Waals surface area contributed by atoms with E-state index >= 15 is 0 Å². The first-order valence-electron chi connectivity index (χ1n) is 9.26. The smallest absolute Gasteiger partial charge is 0.312 e. The van der Waals surface area contributed by atoms with Gasteiger partial charge < -0.3 is 10.4 Å². The molecule has 1 saturated carbocycles. The molecule has 0 radical (unpaired) electrons. The number of aryl methyl sites for hydroxylation is 1. The van der Waals surface area contributed by atoms with Gasteiger partial charge in [0.15, 0.2) is 0 Å². The molecule has 2 aliphatic rings. The molecule has 134 valence electrons. The SMILES string of the molecule is O=C(O)C(CNC(=O)C1CC12CCCc1ccccc12)c1ccccc1. The van der Waals surface area contributed by atoms with Crippen LogP contribution in [0.15, 0.2) is 54.6 Å². The highest BCUT2D eigenvalue weighted by Gasteiger charge is 2.59. The highest BCUT2D eigenvalue weighted by atomic mass is 16.4. The second-order valence-corrected chi connectivity index (χ2v) is 7.47. The van der Waals surface area contributed by atoms with Crippen molar-refractivity contribution in [1.82, 2.24) is 5.32 Å². The van der Waals surface area contributed by atoms with Gasteiger partial charge in [-0.05, 0) is 42.4 Å². The molecule has 0 heterocycles. The minimum absolute atomic E-state index is 0.0103. The number of aliphatic carboxylic acids is 1. The minimum atomic E-state index is -0.912. The van der Waals surface area contributed by atoms with Crippen LogP contribution in [0.3, 0.4) is 0 Å². The average Bonchev–Trinajstić information content (AvgIpc) is 3.37. The number of hydrogen-bond acceptors (Lipinski definition) is 2. The molecule has 0 saturated heterocycles. The van der Waals surface area contributed by atoms with Gasteiger partial charge in [-0.3, -0.25) is 9.59 Å². The number of rotatable bonds is 5. The highest BCUT2D eigenvalue weighted by molar-refractivity contribution is 5.85. The fraction of sp³-hybridized carbons (Fsp3) is 0.364. The van der Waals surface area contributed by atoms with Gasteiger partial charge in [0.1, 0.15) is 0 Å². The second-order valence-electron chi connectivity index (χ2n) is 7.47. The first kappa shape index (κ1) is 16.8. The van der Waals surface area contributed by atoms with Crippen LogP contribution in [-0.4, -0.2) is 23.5 Å². The second kappa shape index (κ2) is 6.60. The summed E-state index contributed by atoms with van der Waals surface area (Å²) >= 11 is 0. The summed E-state index contributed by atoms with van der Waals surface area (Å²) < 4.78 is 0. The van der Waals surface area contributed by atoms with E-state index in [-0.39, 0.29) is 23.8 Å². The van der Waals surface area contributed by atoms with Crippen molar-refractivity contribution in [3.63, 3.8) is 0 Å². The maximum atomic E-state index is 12.7. The molecule has 2 aromatic rings. The third kappa shape index (κ3) is 2.90. The summed E-state index contributed by atoms with van der Waals surface area (Å²) in [5.41, 5.74) is 3.38. The third-order valence-electron chi connectivity index (χ3n) is 5.99. The number of carbonyl (C=O) groups is 2. The lowest BCUT2D eigenvalue weighted by Gasteiger charge is -2.26. The summed E-state index contributed by atoms with van der Waals surface area (Å²) in [6, 6.07) is 17.5. The molecule has 2 aromatic carbocycles. The quantitative estimate of drug-likeness (QED) is 0.871. The molecule has 3 unspecified atom stereocenters. The van der Waals surface area contributed by atoms with E-state index in [2.05, 4.69) is 29.6 Å². The molecule has 0 aliphatic heterocycles. The van der Waals surface area contributed by atoms with Crippen molar-refractivity contribution in [2.45, 2.75) is 37.0 Å². The first-order chi connectivity index (χ1) is 12.6. The number of carbonyl (C=O) groups excluding carboxylic acids is 1. The number of fused-ring (bicyclic) bond motifs is 2.